The third-order valence-electron chi connectivity index (χ3n) is 9.54. The molecule has 1 saturated heterocycles. The molecule has 1 heterocycles. The fourth-order valence-corrected chi connectivity index (χ4v) is 7.02. The van der Waals surface area contributed by atoms with Gasteiger partial charge in [-0.25, -0.2) is 4.79 Å². The van der Waals surface area contributed by atoms with Crippen molar-refractivity contribution in [1.29, 1.82) is 0 Å². The summed E-state index contributed by atoms with van der Waals surface area (Å²) in [5.74, 6) is 1.04. The largest absolute Gasteiger partial charge is 0.481 e. The molecule has 0 aromatic heterocycles. The van der Waals surface area contributed by atoms with Crippen molar-refractivity contribution in [3.63, 3.8) is 0 Å². The molecule has 7 nitrogen and oxygen atoms in total. The van der Waals surface area contributed by atoms with Gasteiger partial charge in [0.05, 0.1) is 17.6 Å². The van der Waals surface area contributed by atoms with Crippen LogP contribution in [-0.2, 0) is 25.4 Å². The minimum absolute atomic E-state index is 0.0644. The summed E-state index contributed by atoms with van der Waals surface area (Å²) in [6.45, 7) is 11.3. The third-order valence-corrected chi connectivity index (χ3v) is 9.54. The molecule has 8 heteroatoms. The van der Waals surface area contributed by atoms with E-state index in [0.717, 1.165) is 24.8 Å². The molecule has 36 heavy (non-hydrogen) atoms. The summed E-state index contributed by atoms with van der Waals surface area (Å²) in [6.07, 6.45) is 4.52. The summed E-state index contributed by atoms with van der Waals surface area (Å²) >= 11 is 0. The quantitative estimate of drug-likeness (QED) is 0.513. The number of alkyl carbamates (subject to hydrolysis) is 1. The van der Waals surface area contributed by atoms with Gasteiger partial charge < -0.3 is 24.7 Å². The second-order valence-corrected chi connectivity index (χ2v) is 12.7. The lowest BCUT2D eigenvalue weighted by molar-refractivity contribution is -0.199. The van der Waals surface area contributed by atoms with Gasteiger partial charge in [0.15, 0.2) is 0 Å². The highest BCUT2D eigenvalue weighted by atomic mass is 16.7. The number of hydrogen-bond donors (Lipinski definition) is 2. The smallest absolute Gasteiger partial charge is 0.445 e. The first-order chi connectivity index (χ1) is 17.0. The van der Waals surface area contributed by atoms with Crippen LogP contribution in [0.1, 0.15) is 78.7 Å². The summed E-state index contributed by atoms with van der Waals surface area (Å²) in [7, 11) is -0.483. The maximum absolute atomic E-state index is 13.6. The van der Waals surface area contributed by atoms with Crippen LogP contribution in [0, 0.1) is 23.2 Å². The minimum atomic E-state index is -0.943. The molecule has 4 saturated carbocycles. The van der Waals surface area contributed by atoms with E-state index in [4.69, 9.17) is 14.0 Å². The minimum Gasteiger partial charge on any atom is -0.445 e. The van der Waals surface area contributed by atoms with Gasteiger partial charge in [0.2, 0.25) is 5.91 Å². The zero-order valence-electron chi connectivity index (χ0n) is 22.3. The molecule has 6 rings (SSSR count). The molecule has 0 unspecified atom stereocenters. The van der Waals surface area contributed by atoms with Gasteiger partial charge in [0.25, 0.3) is 0 Å². The molecule has 0 radical (unpaired) electrons. The molecule has 196 valence electrons. The molecule has 2 N–H and O–H groups in total. The Labute approximate surface area is 215 Å². The van der Waals surface area contributed by atoms with Gasteiger partial charge in [0.1, 0.15) is 12.1 Å². The van der Waals surface area contributed by atoms with Crippen molar-refractivity contribution in [2.75, 3.05) is 0 Å². The number of rotatable bonds is 8. The maximum Gasteiger partial charge on any atom is 0.481 e. The van der Waals surface area contributed by atoms with E-state index in [9.17, 15) is 9.59 Å². The summed E-state index contributed by atoms with van der Waals surface area (Å²) in [5.41, 5.74) is -0.0954. The van der Waals surface area contributed by atoms with E-state index in [2.05, 4.69) is 45.3 Å². The van der Waals surface area contributed by atoms with Gasteiger partial charge in [-0.1, -0.05) is 58.0 Å². The fraction of sp³-hybridized carbons (Fsp3) is 0.714. The zero-order chi connectivity index (χ0) is 25.7. The molecule has 1 aliphatic heterocycles. The van der Waals surface area contributed by atoms with Gasteiger partial charge in [-0.2, -0.15) is 0 Å². The Morgan fingerprint density at radius 2 is 1.86 bits per heavy atom. The van der Waals surface area contributed by atoms with Crippen LogP contribution in [0.2, 0.25) is 0 Å². The van der Waals surface area contributed by atoms with Crippen molar-refractivity contribution in [3.8, 4) is 0 Å². The standard InChI is InChI=1S/C28H41BN2O5/c1-18(2)14-23(29-35-22-16-20-15-21(26(20,3)4)27(22,5)36-29)30-24(32)28(12-9-13-28)31-25(33)34-17-19-10-7-6-8-11-19/h6-8,10-11,18,20-23H,9,12-17H2,1-5H3,(H,30,32)(H,31,33)/t20-,21-,22+,23-,27-/m0/s1. The summed E-state index contributed by atoms with van der Waals surface area (Å²) in [6, 6.07) is 9.53. The Kier molecular flexibility index (Phi) is 6.65. The number of benzene rings is 1. The van der Waals surface area contributed by atoms with Gasteiger partial charge in [-0.15, -0.1) is 0 Å². The van der Waals surface area contributed by atoms with Gasteiger partial charge in [-0.05, 0) is 74.2 Å². The molecular formula is C28H41BN2O5. The predicted octanol–water partition coefficient (Wildman–Crippen LogP) is 4.63. The first-order valence-corrected chi connectivity index (χ1v) is 13.7. The topological polar surface area (TPSA) is 85.9 Å². The highest BCUT2D eigenvalue weighted by Gasteiger charge is 2.68. The Morgan fingerprint density at radius 1 is 1.14 bits per heavy atom. The van der Waals surface area contributed by atoms with E-state index in [0.29, 0.717) is 30.6 Å². The Bertz CT molecular complexity index is 981. The monoisotopic (exact) mass is 496 g/mol. The number of hydrogen-bond acceptors (Lipinski definition) is 5. The van der Waals surface area contributed by atoms with E-state index in [-0.39, 0.29) is 35.6 Å². The fourth-order valence-electron chi connectivity index (χ4n) is 7.02. The van der Waals surface area contributed by atoms with E-state index in [1.165, 1.54) is 6.42 Å². The lowest BCUT2D eigenvalue weighted by Crippen LogP contribution is -2.66. The lowest BCUT2D eigenvalue weighted by Gasteiger charge is -2.64. The average molecular weight is 496 g/mol. The molecule has 0 spiro atoms. The van der Waals surface area contributed by atoms with Crippen molar-refractivity contribution in [2.45, 2.75) is 103 Å². The van der Waals surface area contributed by atoms with E-state index >= 15 is 0 Å². The summed E-state index contributed by atoms with van der Waals surface area (Å²) in [5, 5.41) is 6.11. The highest BCUT2D eigenvalue weighted by Crippen LogP contribution is 2.65. The summed E-state index contributed by atoms with van der Waals surface area (Å²) in [4.78, 5) is 26.2. The molecule has 1 aromatic carbocycles. The van der Waals surface area contributed by atoms with Crippen LogP contribution >= 0.6 is 0 Å². The van der Waals surface area contributed by atoms with Crippen molar-refractivity contribution in [2.24, 2.45) is 23.2 Å². The number of amides is 2. The van der Waals surface area contributed by atoms with Crippen LogP contribution in [0.15, 0.2) is 30.3 Å². The van der Waals surface area contributed by atoms with Crippen molar-refractivity contribution < 1.29 is 23.6 Å². The Morgan fingerprint density at radius 3 is 2.47 bits per heavy atom. The van der Waals surface area contributed by atoms with Crippen molar-refractivity contribution in [3.05, 3.63) is 35.9 Å². The number of carbonyl (C=O) groups excluding carboxylic acids is 2. The molecule has 5 fully saturated rings. The molecule has 5 aliphatic rings. The average Bonchev–Trinajstić information content (AvgIpc) is 3.17. The molecule has 2 amide bonds. The normalized spacial score (nSPS) is 32.1. The number of nitrogens with one attached hydrogen (secondary N) is 2. The molecule has 2 bridgehead atoms. The van der Waals surface area contributed by atoms with Gasteiger partial charge in [-0.3, -0.25) is 4.79 Å². The molecule has 4 aliphatic carbocycles. The van der Waals surface area contributed by atoms with E-state index < -0.39 is 18.8 Å². The molecular weight excluding hydrogens is 455 g/mol. The summed E-state index contributed by atoms with van der Waals surface area (Å²) < 4.78 is 18.6. The van der Waals surface area contributed by atoms with Crippen LogP contribution < -0.4 is 10.6 Å². The Balaban J connectivity index is 1.24. The van der Waals surface area contributed by atoms with Gasteiger partial charge in [0, 0.05) is 0 Å². The van der Waals surface area contributed by atoms with E-state index in [1.807, 2.05) is 30.3 Å². The van der Waals surface area contributed by atoms with Crippen LogP contribution in [0.5, 0.6) is 0 Å². The second-order valence-electron chi connectivity index (χ2n) is 12.7. The van der Waals surface area contributed by atoms with Crippen molar-refractivity contribution >= 4 is 19.1 Å². The van der Waals surface area contributed by atoms with Crippen molar-refractivity contribution in [1.82, 2.24) is 10.6 Å². The van der Waals surface area contributed by atoms with Gasteiger partial charge >= 0.3 is 13.2 Å². The maximum atomic E-state index is 13.6. The molecule has 1 aromatic rings. The van der Waals surface area contributed by atoms with Crippen LogP contribution in [0.3, 0.4) is 0 Å². The first kappa shape index (κ1) is 25.6. The molecule has 5 atom stereocenters. The van der Waals surface area contributed by atoms with Crippen LogP contribution in [0.25, 0.3) is 0 Å². The number of carbonyl (C=O) groups is 2. The highest BCUT2D eigenvalue weighted by molar-refractivity contribution is 6.48. The SMILES string of the molecule is CC(C)C[C@H](NC(=O)C1(NC(=O)OCc2ccccc2)CCC1)B1O[C@@H]2C[C@@H]3C[C@@H](C3(C)C)[C@]2(C)O1. The van der Waals surface area contributed by atoms with Crippen LogP contribution in [0.4, 0.5) is 4.79 Å². The zero-order valence-corrected chi connectivity index (χ0v) is 22.3. The third kappa shape index (κ3) is 4.45. The first-order valence-electron chi connectivity index (χ1n) is 13.7. The lowest BCUT2D eigenvalue weighted by atomic mass is 9.43. The van der Waals surface area contributed by atoms with Crippen LogP contribution in [-0.4, -0.2) is 42.3 Å². The van der Waals surface area contributed by atoms with E-state index in [1.54, 1.807) is 0 Å². The number of ether oxygens (including phenoxy) is 1. The Hall–Kier alpha value is -2.06. The second kappa shape index (κ2) is 9.36. The predicted molar refractivity (Wildman–Crippen MR) is 138 cm³/mol.